The molecule has 126 valence electrons. The fourth-order valence-corrected chi connectivity index (χ4v) is 2.68. The van der Waals surface area contributed by atoms with Gasteiger partial charge in [-0.25, -0.2) is 5.43 Å². The summed E-state index contributed by atoms with van der Waals surface area (Å²) in [6.07, 6.45) is 1.61. The van der Waals surface area contributed by atoms with Gasteiger partial charge in [-0.3, -0.25) is 4.79 Å². The van der Waals surface area contributed by atoms with Crippen molar-refractivity contribution in [1.82, 2.24) is 25.6 Å². The van der Waals surface area contributed by atoms with Gasteiger partial charge >= 0.3 is 0 Å². The van der Waals surface area contributed by atoms with Crippen molar-refractivity contribution in [3.63, 3.8) is 0 Å². The van der Waals surface area contributed by atoms with E-state index in [4.69, 9.17) is 0 Å². The Kier molecular flexibility index (Phi) is 5.53. The number of hydrogen-bond acceptors (Lipinski definition) is 6. The first kappa shape index (κ1) is 16.8. The first-order valence-corrected chi connectivity index (χ1v) is 8.56. The Morgan fingerprint density at radius 3 is 2.72 bits per heavy atom. The molecule has 1 amide bonds. The zero-order valence-corrected chi connectivity index (χ0v) is 14.3. The molecule has 0 saturated carbocycles. The second kappa shape index (κ2) is 8.20. The monoisotopic (exact) mass is 352 g/mol. The van der Waals surface area contributed by atoms with Gasteiger partial charge in [-0.15, -0.1) is 5.10 Å². The number of tetrazole rings is 1. The summed E-state index contributed by atoms with van der Waals surface area (Å²) in [6.45, 7) is 2.02. The van der Waals surface area contributed by atoms with Crippen LogP contribution in [0.1, 0.15) is 11.1 Å². The van der Waals surface area contributed by atoms with Crippen molar-refractivity contribution >= 4 is 23.9 Å². The minimum atomic E-state index is -0.226. The zero-order chi connectivity index (χ0) is 17.5. The highest BCUT2D eigenvalue weighted by Crippen LogP contribution is 2.17. The number of para-hydroxylation sites is 1. The lowest BCUT2D eigenvalue weighted by atomic mass is 10.2. The first-order valence-electron chi connectivity index (χ1n) is 7.57. The summed E-state index contributed by atoms with van der Waals surface area (Å²) < 4.78 is 1.59. The van der Waals surface area contributed by atoms with Gasteiger partial charge < -0.3 is 0 Å². The van der Waals surface area contributed by atoms with Crippen LogP contribution < -0.4 is 5.43 Å². The van der Waals surface area contributed by atoms with Crippen LogP contribution in [0.4, 0.5) is 0 Å². The summed E-state index contributed by atoms with van der Waals surface area (Å²) in [4.78, 5) is 11.9. The molecule has 0 aliphatic heterocycles. The first-order chi connectivity index (χ1) is 12.2. The predicted molar refractivity (Wildman–Crippen MR) is 96.8 cm³/mol. The standard InChI is InChI=1S/C17H16N6OS/c1-13-7-9-14(10-8-13)11-18-19-16(24)12-25-17-20-21-22-23(17)15-5-3-2-4-6-15/h2-11H,12H2,1H3,(H,19,24). The number of hydrazone groups is 1. The Balaban J connectivity index is 1.53. The molecule has 2 aromatic carbocycles. The molecule has 0 aliphatic carbocycles. The second-order valence-corrected chi connectivity index (χ2v) is 6.14. The third kappa shape index (κ3) is 4.74. The average molecular weight is 352 g/mol. The van der Waals surface area contributed by atoms with Gasteiger partial charge in [0.1, 0.15) is 0 Å². The highest BCUT2D eigenvalue weighted by Gasteiger charge is 2.10. The van der Waals surface area contributed by atoms with Crippen LogP contribution in [0.3, 0.4) is 0 Å². The lowest BCUT2D eigenvalue weighted by molar-refractivity contribution is -0.118. The fourth-order valence-electron chi connectivity index (χ4n) is 1.99. The average Bonchev–Trinajstić information content (AvgIpc) is 3.11. The molecular weight excluding hydrogens is 336 g/mol. The number of aryl methyl sites for hydroxylation is 1. The molecule has 1 heterocycles. The quantitative estimate of drug-likeness (QED) is 0.418. The van der Waals surface area contributed by atoms with Gasteiger partial charge in [-0.05, 0) is 35.0 Å². The number of carbonyl (C=O) groups is 1. The van der Waals surface area contributed by atoms with Gasteiger partial charge in [0.05, 0.1) is 17.7 Å². The van der Waals surface area contributed by atoms with Gasteiger partial charge in [0.25, 0.3) is 5.91 Å². The summed E-state index contributed by atoms with van der Waals surface area (Å²) >= 11 is 1.25. The number of aromatic nitrogens is 4. The maximum atomic E-state index is 11.9. The summed E-state index contributed by atoms with van der Waals surface area (Å²) in [5.74, 6) is -0.0608. The van der Waals surface area contributed by atoms with Crippen LogP contribution in [0.15, 0.2) is 64.9 Å². The van der Waals surface area contributed by atoms with E-state index >= 15 is 0 Å². The van der Waals surface area contributed by atoms with E-state index in [1.165, 1.54) is 17.3 Å². The lowest BCUT2D eigenvalue weighted by Gasteiger charge is -2.03. The molecule has 25 heavy (non-hydrogen) atoms. The van der Waals surface area contributed by atoms with E-state index < -0.39 is 0 Å². The Labute approximate surface area is 149 Å². The Morgan fingerprint density at radius 1 is 1.20 bits per heavy atom. The molecule has 1 N–H and O–H groups in total. The van der Waals surface area contributed by atoms with Crippen LogP contribution in [-0.4, -0.2) is 38.1 Å². The molecule has 0 fully saturated rings. The number of benzene rings is 2. The number of nitrogens with one attached hydrogen (secondary N) is 1. The molecule has 0 radical (unpaired) electrons. The zero-order valence-electron chi connectivity index (χ0n) is 13.5. The topological polar surface area (TPSA) is 85.1 Å². The number of carbonyl (C=O) groups excluding carboxylic acids is 1. The highest BCUT2D eigenvalue weighted by molar-refractivity contribution is 7.99. The molecule has 3 rings (SSSR count). The van der Waals surface area contributed by atoms with Crippen LogP contribution in [-0.2, 0) is 4.79 Å². The largest absolute Gasteiger partial charge is 0.272 e. The SMILES string of the molecule is Cc1ccc(C=NNC(=O)CSc2nnnn2-c2ccccc2)cc1. The van der Waals surface area contributed by atoms with Crippen LogP contribution in [0.5, 0.6) is 0 Å². The molecule has 0 saturated heterocycles. The van der Waals surface area contributed by atoms with E-state index in [0.29, 0.717) is 5.16 Å². The fraction of sp³-hybridized carbons (Fsp3) is 0.118. The predicted octanol–water partition coefficient (Wildman–Crippen LogP) is 2.21. The normalized spacial score (nSPS) is 10.9. The lowest BCUT2D eigenvalue weighted by Crippen LogP contribution is -2.20. The van der Waals surface area contributed by atoms with E-state index in [9.17, 15) is 4.79 Å². The maximum absolute atomic E-state index is 11.9. The molecule has 7 nitrogen and oxygen atoms in total. The molecule has 0 bridgehead atoms. The molecular formula is C17H16N6OS. The van der Waals surface area contributed by atoms with Gasteiger partial charge in [-0.1, -0.05) is 59.8 Å². The Morgan fingerprint density at radius 2 is 1.96 bits per heavy atom. The van der Waals surface area contributed by atoms with Crippen molar-refractivity contribution in [2.24, 2.45) is 5.10 Å². The smallest absolute Gasteiger partial charge is 0.250 e. The minimum Gasteiger partial charge on any atom is -0.272 e. The van der Waals surface area contributed by atoms with Crippen molar-refractivity contribution in [2.45, 2.75) is 12.1 Å². The van der Waals surface area contributed by atoms with Crippen LogP contribution in [0.25, 0.3) is 5.69 Å². The molecule has 0 spiro atoms. The van der Waals surface area contributed by atoms with Gasteiger partial charge in [-0.2, -0.15) is 9.78 Å². The summed E-state index contributed by atoms with van der Waals surface area (Å²) in [6, 6.07) is 17.4. The number of amides is 1. The van der Waals surface area contributed by atoms with E-state index in [-0.39, 0.29) is 11.7 Å². The van der Waals surface area contributed by atoms with Crippen LogP contribution >= 0.6 is 11.8 Å². The van der Waals surface area contributed by atoms with Crippen LogP contribution in [0, 0.1) is 6.92 Å². The highest BCUT2D eigenvalue weighted by atomic mass is 32.2. The minimum absolute atomic E-state index is 0.165. The van der Waals surface area contributed by atoms with Crippen molar-refractivity contribution in [1.29, 1.82) is 0 Å². The molecule has 1 aromatic heterocycles. The Bertz CT molecular complexity index is 860. The van der Waals surface area contributed by atoms with E-state index in [2.05, 4.69) is 26.1 Å². The number of hydrogen-bond donors (Lipinski definition) is 1. The van der Waals surface area contributed by atoms with Crippen molar-refractivity contribution in [3.8, 4) is 5.69 Å². The summed E-state index contributed by atoms with van der Waals surface area (Å²) in [5.41, 5.74) is 5.44. The van der Waals surface area contributed by atoms with Crippen molar-refractivity contribution in [2.75, 3.05) is 5.75 Å². The molecule has 8 heteroatoms. The summed E-state index contributed by atoms with van der Waals surface area (Å²) in [7, 11) is 0. The van der Waals surface area contributed by atoms with Crippen molar-refractivity contribution < 1.29 is 4.79 Å². The van der Waals surface area contributed by atoms with Gasteiger partial charge in [0, 0.05) is 0 Å². The van der Waals surface area contributed by atoms with E-state index in [0.717, 1.165) is 11.3 Å². The molecule has 0 unspecified atom stereocenters. The van der Waals surface area contributed by atoms with Crippen molar-refractivity contribution in [3.05, 3.63) is 65.7 Å². The van der Waals surface area contributed by atoms with E-state index in [1.54, 1.807) is 10.9 Å². The number of thioether (sulfide) groups is 1. The van der Waals surface area contributed by atoms with Gasteiger partial charge in [0.2, 0.25) is 5.16 Å². The maximum Gasteiger partial charge on any atom is 0.250 e. The third-order valence-corrected chi connectivity index (χ3v) is 4.17. The number of nitrogens with zero attached hydrogens (tertiary/aromatic N) is 5. The molecule has 3 aromatic rings. The number of rotatable bonds is 6. The van der Waals surface area contributed by atoms with Crippen LogP contribution in [0.2, 0.25) is 0 Å². The summed E-state index contributed by atoms with van der Waals surface area (Å²) in [5, 5.41) is 16.1. The second-order valence-electron chi connectivity index (χ2n) is 5.20. The van der Waals surface area contributed by atoms with E-state index in [1.807, 2.05) is 61.5 Å². The third-order valence-electron chi connectivity index (χ3n) is 3.25. The molecule has 0 atom stereocenters. The molecule has 0 aliphatic rings. The Hall–Kier alpha value is -3.00. The van der Waals surface area contributed by atoms with Gasteiger partial charge in [0.15, 0.2) is 0 Å².